The fraction of sp³-hybridized carbons (Fsp3) is 0.444. The summed E-state index contributed by atoms with van der Waals surface area (Å²) in [5.74, 6) is 0.264. The van der Waals surface area contributed by atoms with Crippen LogP contribution in [0.5, 0.6) is 0 Å². The van der Waals surface area contributed by atoms with E-state index in [2.05, 4.69) is 34.9 Å². The molecule has 3 N–H and O–H groups in total. The van der Waals surface area contributed by atoms with Gasteiger partial charge in [0, 0.05) is 6.54 Å². The molecule has 19 heavy (non-hydrogen) atoms. The van der Waals surface area contributed by atoms with Crippen molar-refractivity contribution in [3.05, 3.63) is 23.6 Å². The lowest BCUT2D eigenvalue weighted by Crippen LogP contribution is -2.25. The highest BCUT2D eigenvalue weighted by Gasteiger charge is 2.24. The Balaban J connectivity index is 2.21. The Morgan fingerprint density at radius 2 is 2.21 bits per heavy atom. The number of hydrogen-bond donors (Lipinski definition) is 3. The van der Waals surface area contributed by atoms with E-state index in [1.807, 2.05) is 0 Å². The van der Waals surface area contributed by atoms with Gasteiger partial charge in [0.05, 0.1) is 17.9 Å². The highest BCUT2D eigenvalue weighted by Crippen LogP contribution is 2.17. The summed E-state index contributed by atoms with van der Waals surface area (Å²) in [5.41, 5.74) is 0.909. The van der Waals surface area contributed by atoms with Crippen LogP contribution >= 0.6 is 0 Å². The van der Waals surface area contributed by atoms with Gasteiger partial charge in [-0.2, -0.15) is 10.1 Å². The number of hydrogen-bond acceptors (Lipinski definition) is 7. The van der Waals surface area contributed by atoms with Crippen LogP contribution in [0, 0.1) is 6.92 Å². The van der Waals surface area contributed by atoms with E-state index in [1.54, 1.807) is 14.0 Å². The van der Waals surface area contributed by atoms with Gasteiger partial charge in [-0.3, -0.25) is 5.10 Å². The SMILES string of the molecule is CNCc1n[nH]c(C)c1S(=O)(=O)NCc1ncon1. The molecular weight excluding hydrogens is 272 g/mol. The third-order valence-electron chi connectivity index (χ3n) is 2.40. The van der Waals surface area contributed by atoms with Gasteiger partial charge in [-0.1, -0.05) is 5.16 Å². The topological polar surface area (TPSA) is 126 Å². The quantitative estimate of drug-likeness (QED) is 0.641. The predicted octanol–water partition coefficient (Wildman–Crippen LogP) is -0.701. The molecule has 2 aromatic heterocycles. The van der Waals surface area contributed by atoms with E-state index in [-0.39, 0.29) is 17.3 Å². The Labute approximate surface area is 109 Å². The molecule has 0 amide bonds. The normalized spacial score (nSPS) is 11.9. The Bertz CT molecular complexity index is 633. The molecule has 10 heteroatoms. The van der Waals surface area contributed by atoms with E-state index in [9.17, 15) is 8.42 Å². The summed E-state index contributed by atoms with van der Waals surface area (Å²) in [5, 5.41) is 13.0. The molecular formula is C9H14N6O3S. The number of aromatic nitrogens is 4. The molecule has 0 aliphatic rings. The highest BCUT2D eigenvalue weighted by atomic mass is 32.2. The van der Waals surface area contributed by atoms with Gasteiger partial charge in [0.2, 0.25) is 16.4 Å². The average molecular weight is 286 g/mol. The van der Waals surface area contributed by atoms with Crippen LogP contribution < -0.4 is 10.0 Å². The lowest BCUT2D eigenvalue weighted by molar-refractivity contribution is 0.409. The first-order valence-corrected chi connectivity index (χ1v) is 6.96. The summed E-state index contributed by atoms with van der Waals surface area (Å²) >= 11 is 0. The van der Waals surface area contributed by atoms with Gasteiger partial charge in [0.25, 0.3) is 0 Å². The Kier molecular flexibility index (Phi) is 3.93. The second-order valence-electron chi connectivity index (χ2n) is 3.83. The zero-order valence-electron chi connectivity index (χ0n) is 10.5. The molecule has 0 radical (unpaired) electrons. The van der Waals surface area contributed by atoms with Gasteiger partial charge < -0.3 is 9.84 Å². The molecule has 0 aliphatic carbocycles. The van der Waals surface area contributed by atoms with Crippen LogP contribution in [0.15, 0.2) is 15.8 Å². The summed E-state index contributed by atoms with van der Waals surface area (Å²) < 4.78 is 31.4. The molecule has 9 nitrogen and oxygen atoms in total. The maximum Gasteiger partial charge on any atom is 0.244 e. The fourth-order valence-corrected chi connectivity index (χ4v) is 2.96. The number of sulfonamides is 1. The first-order valence-electron chi connectivity index (χ1n) is 5.48. The minimum absolute atomic E-state index is 0.0392. The van der Waals surface area contributed by atoms with Crippen LogP contribution in [0.25, 0.3) is 0 Å². The molecule has 0 bridgehead atoms. The number of nitrogens with one attached hydrogen (secondary N) is 3. The van der Waals surface area contributed by atoms with Gasteiger partial charge in [0.15, 0.2) is 5.82 Å². The third-order valence-corrected chi connectivity index (χ3v) is 4.01. The maximum atomic E-state index is 12.2. The molecule has 0 spiro atoms. The van der Waals surface area contributed by atoms with Crippen molar-refractivity contribution in [2.24, 2.45) is 0 Å². The van der Waals surface area contributed by atoms with Crippen molar-refractivity contribution >= 4 is 10.0 Å². The van der Waals surface area contributed by atoms with Crippen LogP contribution in [0.4, 0.5) is 0 Å². The summed E-state index contributed by atoms with van der Waals surface area (Å²) in [4.78, 5) is 3.89. The lowest BCUT2D eigenvalue weighted by atomic mass is 10.4. The summed E-state index contributed by atoms with van der Waals surface area (Å²) in [6.45, 7) is 1.96. The molecule has 104 valence electrons. The van der Waals surface area contributed by atoms with Crippen LogP contribution in [0.2, 0.25) is 0 Å². The zero-order chi connectivity index (χ0) is 13.9. The second kappa shape index (κ2) is 5.47. The van der Waals surface area contributed by atoms with Gasteiger partial charge in [0.1, 0.15) is 4.90 Å². The molecule has 0 aromatic carbocycles. The van der Waals surface area contributed by atoms with E-state index < -0.39 is 10.0 Å². The first-order chi connectivity index (χ1) is 9.04. The van der Waals surface area contributed by atoms with Crippen molar-refractivity contribution < 1.29 is 12.9 Å². The Morgan fingerprint density at radius 3 is 2.84 bits per heavy atom. The number of aromatic amines is 1. The van der Waals surface area contributed by atoms with Gasteiger partial charge in [-0.15, -0.1) is 0 Å². The van der Waals surface area contributed by atoms with Crippen molar-refractivity contribution in [2.45, 2.75) is 24.9 Å². The largest absolute Gasteiger partial charge is 0.343 e. The van der Waals surface area contributed by atoms with Crippen molar-refractivity contribution in [3.8, 4) is 0 Å². The Morgan fingerprint density at radius 1 is 1.42 bits per heavy atom. The standard InChI is InChI=1S/C9H14N6O3S/c1-6-9(7(3-10-2)14-13-6)19(16,17)12-4-8-11-5-18-15-8/h5,10,12H,3-4H2,1-2H3,(H,13,14). The van der Waals surface area contributed by atoms with E-state index in [1.165, 1.54) is 0 Å². The van der Waals surface area contributed by atoms with Crippen molar-refractivity contribution in [2.75, 3.05) is 7.05 Å². The molecule has 0 saturated carbocycles. The van der Waals surface area contributed by atoms with E-state index in [4.69, 9.17) is 0 Å². The van der Waals surface area contributed by atoms with E-state index >= 15 is 0 Å². The summed E-state index contributed by atoms with van der Waals surface area (Å²) in [7, 11) is -1.97. The van der Waals surface area contributed by atoms with Crippen LogP contribution in [0.1, 0.15) is 17.2 Å². The maximum absolute atomic E-state index is 12.2. The molecule has 0 atom stereocenters. The summed E-state index contributed by atoms with van der Waals surface area (Å²) in [6, 6.07) is 0. The monoisotopic (exact) mass is 286 g/mol. The van der Waals surface area contributed by atoms with Crippen LogP contribution in [0.3, 0.4) is 0 Å². The molecule has 0 saturated heterocycles. The molecule has 0 aliphatic heterocycles. The number of H-pyrrole nitrogens is 1. The van der Waals surface area contributed by atoms with Crippen LogP contribution in [-0.2, 0) is 23.1 Å². The molecule has 2 aromatic rings. The Hall–Kier alpha value is -1.78. The van der Waals surface area contributed by atoms with Crippen molar-refractivity contribution in [3.63, 3.8) is 0 Å². The first kappa shape index (κ1) is 13.6. The zero-order valence-corrected chi connectivity index (χ0v) is 11.3. The molecule has 2 heterocycles. The van der Waals surface area contributed by atoms with Crippen LogP contribution in [-0.4, -0.2) is 35.8 Å². The average Bonchev–Trinajstić information content (AvgIpc) is 2.97. The number of rotatable bonds is 6. The third kappa shape index (κ3) is 2.97. The minimum atomic E-state index is -3.68. The second-order valence-corrected chi connectivity index (χ2v) is 5.53. The summed E-state index contributed by atoms with van der Waals surface area (Å²) in [6.07, 6.45) is 1.14. The molecule has 2 rings (SSSR count). The highest BCUT2D eigenvalue weighted by molar-refractivity contribution is 7.89. The number of aryl methyl sites for hydroxylation is 1. The predicted molar refractivity (Wildman–Crippen MR) is 64.4 cm³/mol. The lowest BCUT2D eigenvalue weighted by Gasteiger charge is -2.06. The van der Waals surface area contributed by atoms with Gasteiger partial charge in [-0.25, -0.2) is 13.1 Å². The van der Waals surface area contributed by atoms with Gasteiger partial charge in [-0.05, 0) is 14.0 Å². The number of nitrogens with zero attached hydrogens (tertiary/aromatic N) is 3. The van der Waals surface area contributed by atoms with Crippen molar-refractivity contribution in [1.82, 2.24) is 30.4 Å². The minimum Gasteiger partial charge on any atom is -0.343 e. The van der Waals surface area contributed by atoms with E-state index in [0.29, 0.717) is 17.9 Å². The fourth-order valence-electron chi connectivity index (χ4n) is 1.62. The van der Waals surface area contributed by atoms with Crippen molar-refractivity contribution in [1.29, 1.82) is 0 Å². The smallest absolute Gasteiger partial charge is 0.244 e. The molecule has 0 fully saturated rings. The van der Waals surface area contributed by atoms with E-state index in [0.717, 1.165) is 6.39 Å². The molecule has 0 unspecified atom stereocenters. The van der Waals surface area contributed by atoms with Gasteiger partial charge >= 0.3 is 0 Å².